The van der Waals surface area contributed by atoms with Crippen LogP contribution in [-0.4, -0.2) is 75.4 Å². The average molecular weight is 576 g/mol. The molecule has 0 unspecified atom stereocenters. The predicted molar refractivity (Wildman–Crippen MR) is 141 cm³/mol. The van der Waals surface area contributed by atoms with E-state index in [-0.39, 0.29) is 56.4 Å². The highest BCUT2D eigenvalue weighted by molar-refractivity contribution is 7.22. The van der Waals surface area contributed by atoms with Crippen molar-refractivity contribution in [2.75, 3.05) is 38.5 Å². The number of pyridine rings is 1. The van der Waals surface area contributed by atoms with Crippen molar-refractivity contribution in [2.24, 2.45) is 0 Å². The van der Waals surface area contributed by atoms with Crippen molar-refractivity contribution in [2.45, 2.75) is 43.5 Å². The molecule has 1 aromatic carbocycles. The van der Waals surface area contributed by atoms with Gasteiger partial charge in [-0.1, -0.05) is 11.3 Å². The van der Waals surface area contributed by atoms with Gasteiger partial charge in [0, 0.05) is 31.8 Å². The number of nitrogens with zero attached hydrogens (tertiary/aromatic N) is 5. The number of rotatable bonds is 6. The zero-order valence-electron chi connectivity index (χ0n) is 21.2. The number of hydrogen-bond donors (Lipinski definition) is 2. The molecule has 3 aliphatic rings. The summed E-state index contributed by atoms with van der Waals surface area (Å²) in [5, 5.41) is 3.37. The molecule has 3 fully saturated rings. The Labute approximate surface area is 229 Å². The van der Waals surface area contributed by atoms with Gasteiger partial charge in [-0.2, -0.15) is 9.97 Å². The smallest absolute Gasteiger partial charge is 0.320 e. The third-order valence-electron chi connectivity index (χ3n) is 7.98. The molecule has 4 aromatic rings. The summed E-state index contributed by atoms with van der Waals surface area (Å²) in [6.45, 7) is 2.61. The van der Waals surface area contributed by atoms with Crippen LogP contribution in [0.3, 0.4) is 0 Å². The zero-order valence-corrected chi connectivity index (χ0v) is 22.0. The van der Waals surface area contributed by atoms with E-state index in [2.05, 4.69) is 30.2 Å². The number of hydrogen-bond acceptors (Lipinski definition) is 10. The summed E-state index contributed by atoms with van der Waals surface area (Å²) in [5.74, 6) is -2.79. The van der Waals surface area contributed by atoms with Crippen molar-refractivity contribution in [1.82, 2.24) is 30.2 Å². The maximum absolute atomic E-state index is 16.2. The van der Waals surface area contributed by atoms with Crippen molar-refractivity contribution >= 4 is 37.6 Å². The molecule has 0 radical (unpaired) electrons. The minimum atomic E-state index is -1.04. The predicted octanol–water partition coefficient (Wildman–Crippen LogP) is 4.00. The van der Waals surface area contributed by atoms with Gasteiger partial charge < -0.3 is 20.5 Å². The number of nitrogens with one attached hydrogen (secondary N) is 1. The van der Waals surface area contributed by atoms with E-state index in [4.69, 9.17) is 15.2 Å². The number of anilines is 1. The second-order valence-electron chi connectivity index (χ2n) is 10.5. The summed E-state index contributed by atoms with van der Waals surface area (Å²) < 4.78 is 72.1. The van der Waals surface area contributed by atoms with E-state index in [1.807, 2.05) is 0 Å². The minimum Gasteiger partial charge on any atom is -0.472 e. The van der Waals surface area contributed by atoms with Crippen molar-refractivity contribution in [3.8, 4) is 23.1 Å². The van der Waals surface area contributed by atoms with Crippen molar-refractivity contribution in [1.29, 1.82) is 0 Å². The quantitative estimate of drug-likeness (QED) is 0.330. The molecule has 210 valence electrons. The Morgan fingerprint density at radius 2 is 2.05 bits per heavy atom. The molecule has 0 spiro atoms. The van der Waals surface area contributed by atoms with Crippen LogP contribution in [0.25, 0.3) is 32.4 Å². The molecule has 14 heteroatoms. The van der Waals surface area contributed by atoms with Gasteiger partial charge in [0.2, 0.25) is 5.88 Å². The SMILES string of the molecule is Nc1nc2c(-c3ncc4c(O[C@@H]5CCNC5)nc(OC[C@@]56CCCN5C[C@H](F)C6)nc4c3F)c(F)cc(F)c2s1. The number of nitrogens with two attached hydrogens (primary N) is 1. The Morgan fingerprint density at radius 3 is 2.88 bits per heavy atom. The summed E-state index contributed by atoms with van der Waals surface area (Å²) >= 11 is 0.827. The lowest BCUT2D eigenvalue weighted by molar-refractivity contribution is 0.106. The maximum atomic E-state index is 16.2. The Morgan fingerprint density at radius 1 is 1.18 bits per heavy atom. The van der Waals surface area contributed by atoms with E-state index in [0.717, 1.165) is 43.7 Å². The largest absolute Gasteiger partial charge is 0.472 e. The first-order valence-corrected chi connectivity index (χ1v) is 13.9. The molecule has 3 aromatic heterocycles. The summed E-state index contributed by atoms with van der Waals surface area (Å²) in [7, 11) is 0. The van der Waals surface area contributed by atoms with Crippen molar-refractivity contribution in [3.63, 3.8) is 0 Å². The highest BCUT2D eigenvalue weighted by atomic mass is 32.1. The van der Waals surface area contributed by atoms with Gasteiger partial charge in [0.1, 0.15) is 41.7 Å². The molecule has 0 aliphatic carbocycles. The lowest BCUT2D eigenvalue weighted by Gasteiger charge is -2.30. The number of thiazole rings is 1. The lowest BCUT2D eigenvalue weighted by atomic mass is 9.95. The fourth-order valence-electron chi connectivity index (χ4n) is 6.13. The van der Waals surface area contributed by atoms with Gasteiger partial charge in [-0.05, 0) is 32.4 Å². The molecule has 3 aliphatic heterocycles. The van der Waals surface area contributed by atoms with Gasteiger partial charge in [0.15, 0.2) is 10.9 Å². The first-order chi connectivity index (χ1) is 19.3. The third-order valence-corrected chi connectivity index (χ3v) is 8.87. The van der Waals surface area contributed by atoms with Crippen LogP contribution in [0.5, 0.6) is 11.9 Å². The van der Waals surface area contributed by atoms with E-state index < -0.39 is 34.9 Å². The van der Waals surface area contributed by atoms with E-state index in [1.165, 1.54) is 6.20 Å². The maximum Gasteiger partial charge on any atom is 0.320 e. The van der Waals surface area contributed by atoms with Gasteiger partial charge in [0.25, 0.3) is 0 Å². The number of alkyl halides is 1. The Balaban J connectivity index is 1.33. The van der Waals surface area contributed by atoms with E-state index in [9.17, 15) is 8.78 Å². The number of fused-ring (bicyclic) bond motifs is 3. The molecule has 7 rings (SSSR count). The van der Waals surface area contributed by atoms with Crippen LogP contribution < -0.4 is 20.5 Å². The van der Waals surface area contributed by atoms with E-state index in [1.54, 1.807) is 0 Å². The monoisotopic (exact) mass is 575 g/mol. The normalized spacial score (nSPS) is 24.8. The molecule has 0 saturated carbocycles. The van der Waals surface area contributed by atoms with Crippen LogP contribution in [0.1, 0.15) is 25.7 Å². The molecule has 3 saturated heterocycles. The fraction of sp³-hybridized carbons (Fsp3) is 0.462. The summed E-state index contributed by atoms with van der Waals surface area (Å²) in [5.41, 5.74) is 4.21. The van der Waals surface area contributed by atoms with Crippen LogP contribution in [0.15, 0.2) is 12.3 Å². The van der Waals surface area contributed by atoms with E-state index in [0.29, 0.717) is 25.6 Å². The second-order valence-corrected chi connectivity index (χ2v) is 11.6. The number of nitrogen functional groups attached to an aromatic ring is 1. The lowest BCUT2D eigenvalue weighted by Crippen LogP contribution is -2.43. The third kappa shape index (κ3) is 4.20. The highest BCUT2D eigenvalue weighted by Gasteiger charge is 2.49. The van der Waals surface area contributed by atoms with Crippen molar-refractivity contribution < 1.29 is 27.0 Å². The second kappa shape index (κ2) is 9.63. The van der Waals surface area contributed by atoms with Gasteiger partial charge in [-0.15, -0.1) is 0 Å². The van der Waals surface area contributed by atoms with Gasteiger partial charge >= 0.3 is 6.01 Å². The highest BCUT2D eigenvalue weighted by Crippen LogP contribution is 2.41. The molecular formula is C26H25F4N7O2S. The van der Waals surface area contributed by atoms with Gasteiger partial charge in [0.05, 0.1) is 26.7 Å². The van der Waals surface area contributed by atoms with Gasteiger partial charge in [-0.25, -0.2) is 22.5 Å². The van der Waals surface area contributed by atoms with Crippen LogP contribution in [0, 0.1) is 17.5 Å². The minimum absolute atomic E-state index is 0.00332. The van der Waals surface area contributed by atoms with Gasteiger partial charge in [-0.3, -0.25) is 9.88 Å². The molecule has 0 amide bonds. The van der Waals surface area contributed by atoms with Crippen LogP contribution in [0.4, 0.5) is 22.7 Å². The van der Waals surface area contributed by atoms with Crippen LogP contribution >= 0.6 is 11.3 Å². The van der Waals surface area contributed by atoms with Crippen molar-refractivity contribution in [3.05, 3.63) is 29.7 Å². The molecule has 40 heavy (non-hydrogen) atoms. The average Bonchev–Trinajstić information content (AvgIpc) is 3.69. The number of halogens is 4. The zero-order chi connectivity index (χ0) is 27.6. The van der Waals surface area contributed by atoms with E-state index >= 15 is 8.78 Å². The number of ether oxygens (including phenoxy) is 2. The number of aromatic nitrogens is 4. The Hall–Kier alpha value is -3.36. The standard InChI is InChI=1S/C26H25F4N7O2S/c27-12-7-26(3-1-5-37(26)10-12)11-38-25-35-19-14(23(36-25)39-13-2-4-32-8-13)9-33-20(18(19)30)17-15(28)6-16(29)22-21(17)34-24(31)40-22/h6,9,12-13,32H,1-5,7-8,10-11H2,(H2,31,34)/t12-,13-,26+/m1/s1. The topological polar surface area (TPSA) is 111 Å². The Bertz CT molecular complexity index is 1630. The first kappa shape index (κ1) is 25.6. The van der Waals surface area contributed by atoms with Crippen LogP contribution in [0.2, 0.25) is 0 Å². The Kier molecular flexibility index (Phi) is 6.16. The summed E-state index contributed by atoms with van der Waals surface area (Å²) in [6.07, 6.45) is 2.90. The first-order valence-electron chi connectivity index (χ1n) is 13.1. The van der Waals surface area contributed by atoms with Crippen LogP contribution in [-0.2, 0) is 0 Å². The summed E-state index contributed by atoms with van der Waals surface area (Å²) in [6, 6.07) is 0.513. The molecule has 3 N–H and O–H groups in total. The molecule has 3 atom stereocenters. The molecular weight excluding hydrogens is 550 g/mol. The molecule has 0 bridgehead atoms. The summed E-state index contributed by atoms with van der Waals surface area (Å²) in [4.78, 5) is 19.0. The number of benzene rings is 1. The molecule has 6 heterocycles. The fourth-order valence-corrected chi connectivity index (χ4v) is 6.88. The molecule has 9 nitrogen and oxygen atoms in total.